The van der Waals surface area contributed by atoms with Gasteiger partial charge in [0.15, 0.2) is 5.82 Å². The van der Waals surface area contributed by atoms with Crippen molar-refractivity contribution in [2.24, 2.45) is 5.10 Å². The van der Waals surface area contributed by atoms with Crippen molar-refractivity contribution in [2.75, 3.05) is 0 Å². The SMILES string of the molecule is Cc1ccc(-c2n[nH]c(=S)n2/N=C\c2ccc(Br)s2)cc1. The number of hydrogen-bond donors (Lipinski definition) is 1. The summed E-state index contributed by atoms with van der Waals surface area (Å²) < 4.78 is 3.17. The second-order valence-corrected chi connectivity index (χ2v) is 7.30. The van der Waals surface area contributed by atoms with Crippen molar-refractivity contribution < 1.29 is 0 Å². The minimum atomic E-state index is 0.470. The molecule has 0 amide bonds. The van der Waals surface area contributed by atoms with Gasteiger partial charge in [-0.1, -0.05) is 29.8 Å². The van der Waals surface area contributed by atoms with Crippen molar-refractivity contribution in [1.29, 1.82) is 0 Å². The van der Waals surface area contributed by atoms with E-state index in [4.69, 9.17) is 12.2 Å². The highest BCUT2D eigenvalue weighted by Crippen LogP contribution is 2.21. The van der Waals surface area contributed by atoms with E-state index < -0.39 is 0 Å². The highest BCUT2D eigenvalue weighted by molar-refractivity contribution is 9.11. The van der Waals surface area contributed by atoms with Gasteiger partial charge in [0.1, 0.15) is 0 Å². The van der Waals surface area contributed by atoms with Crippen LogP contribution < -0.4 is 0 Å². The number of thiophene rings is 1. The van der Waals surface area contributed by atoms with Gasteiger partial charge in [-0.15, -0.1) is 11.3 Å². The number of H-pyrrole nitrogens is 1. The van der Waals surface area contributed by atoms with E-state index in [-0.39, 0.29) is 0 Å². The van der Waals surface area contributed by atoms with Crippen LogP contribution in [0.15, 0.2) is 45.3 Å². The van der Waals surface area contributed by atoms with Crippen LogP contribution in [0.2, 0.25) is 0 Å². The summed E-state index contributed by atoms with van der Waals surface area (Å²) in [7, 11) is 0. The molecule has 106 valence electrons. The van der Waals surface area contributed by atoms with E-state index in [9.17, 15) is 0 Å². The Morgan fingerprint density at radius 1 is 1.29 bits per heavy atom. The van der Waals surface area contributed by atoms with E-state index in [2.05, 4.69) is 31.2 Å². The number of nitrogens with zero attached hydrogens (tertiary/aromatic N) is 3. The maximum absolute atomic E-state index is 5.24. The predicted octanol–water partition coefficient (Wildman–Crippen LogP) is 4.62. The molecule has 3 rings (SSSR count). The topological polar surface area (TPSA) is 46.0 Å². The molecule has 7 heteroatoms. The lowest BCUT2D eigenvalue weighted by molar-refractivity contribution is 0.872. The van der Waals surface area contributed by atoms with Crippen LogP contribution >= 0.6 is 39.5 Å². The van der Waals surface area contributed by atoms with E-state index in [1.807, 2.05) is 43.3 Å². The molecule has 2 heterocycles. The molecule has 1 aromatic carbocycles. The summed E-state index contributed by atoms with van der Waals surface area (Å²) in [6.45, 7) is 2.05. The number of aromatic amines is 1. The van der Waals surface area contributed by atoms with Crippen LogP contribution in [0, 0.1) is 11.7 Å². The maximum atomic E-state index is 5.24. The minimum Gasteiger partial charge on any atom is -0.250 e. The van der Waals surface area contributed by atoms with Crippen LogP contribution in [0.25, 0.3) is 11.4 Å². The molecule has 4 nitrogen and oxygen atoms in total. The molecule has 0 unspecified atom stereocenters. The first-order valence-electron chi connectivity index (χ1n) is 6.17. The number of nitrogens with one attached hydrogen (secondary N) is 1. The van der Waals surface area contributed by atoms with Crippen molar-refractivity contribution in [3.63, 3.8) is 0 Å². The third kappa shape index (κ3) is 3.20. The summed E-state index contributed by atoms with van der Waals surface area (Å²) in [6, 6.07) is 12.1. The molecule has 0 aliphatic rings. The van der Waals surface area contributed by atoms with E-state index in [1.165, 1.54) is 5.56 Å². The van der Waals surface area contributed by atoms with Gasteiger partial charge in [-0.25, -0.2) is 5.10 Å². The van der Waals surface area contributed by atoms with Crippen molar-refractivity contribution >= 4 is 45.7 Å². The zero-order valence-electron chi connectivity index (χ0n) is 11.1. The Morgan fingerprint density at radius 3 is 2.71 bits per heavy atom. The van der Waals surface area contributed by atoms with Gasteiger partial charge in [-0.2, -0.15) is 14.9 Å². The molecular weight excluding hydrogens is 368 g/mol. The number of hydrogen-bond acceptors (Lipinski definition) is 4. The fraction of sp³-hybridized carbons (Fsp3) is 0.0714. The molecule has 1 N–H and O–H groups in total. The van der Waals surface area contributed by atoms with Crippen LogP contribution in [0.1, 0.15) is 10.4 Å². The minimum absolute atomic E-state index is 0.470. The first-order valence-corrected chi connectivity index (χ1v) is 8.19. The number of halogens is 1. The molecular formula is C14H11BrN4S2. The van der Waals surface area contributed by atoms with Crippen molar-refractivity contribution in [3.05, 3.63) is 55.4 Å². The molecule has 0 atom stereocenters. The summed E-state index contributed by atoms with van der Waals surface area (Å²) in [6.07, 6.45) is 1.78. The van der Waals surface area contributed by atoms with Gasteiger partial charge in [-0.3, -0.25) is 0 Å². The van der Waals surface area contributed by atoms with Crippen LogP contribution in [0.5, 0.6) is 0 Å². The molecule has 0 aliphatic carbocycles. The second kappa shape index (κ2) is 6.05. The molecule has 0 bridgehead atoms. The first-order chi connectivity index (χ1) is 10.1. The summed E-state index contributed by atoms with van der Waals surface area (Å²) >= 11 is 10.3. The molecule has 0 radical (unpaired) electrons. The smallest absolute Gasteiger partial charge is 0.216 e. The van der Waals surface area contributed by atoms with Crippen LogP contribution in [0.4, 0.5) is 0 Å². The van der Waals surface area contributed by atoms with Gasteiger partial charge < -0.3 is 0 Å². The van der Waals surface area contributed by atoms with Crippen LogP contribution in [-0.2, 0) is 0 Å². The Bertz CT molecular complexity index is 842. The monoisotopic (exact) mass is 378 g/mol. The van der Waals surface area contributed by atoms with Crippen LogP contribution in [0.3, 0.4) is 0 Å². The normalized spacial score (nSPS) is 11.3. The third-order valence-corrected chi connectivity index (χ3v) is 4.68. The Hall–Kier alpha value is -1.57. The standard InChI is InChI=1S/C14H11BrN4S2/c1-9-2-4-10(5-3-9)13-17-18-14(20)19(13)16-8-11-6-7-12(15)21-11/h2-8H,1H3,(H,18,20)/b16-8-. The van der Waals surface area contributed by atoms with Gasteiger partial charge in [0.05, 0.1) is 10.0 Å². The lowest BCUT2D eigenvalue weighted by Crippen LogP contribution is -1.94. The Kier molecular flexibility index (Phi) is 4.14. The zero-order valence-corrected chi connectivity index (χ0v) is 14.3. The molecule has 0 spiro atoms. The van der Waals surface area contributed by atoms with Crippen molar-refractivity contribution in [1.82, 2.24) is 14.9 Å². The molecule has 0 saturated heterocycles. The lowest BCUT2D eigenvalue weighted by atomic mass is 10.1. The van der Waals surface area contributed by atoms with Gasteiger partial charge in [0, 0.05) is 10.4 Å². The van der Waals surface area contributed by atoms with Crippen LogP contribution in [-0.4, -0.2) is 21.1 Å². The van der Waals surface area contributed by atoms with E-state index >= 15 is 0 Å². The van der Waals surface area contributed by atoms with Gasteiger partial charge in [-0.05, 0) is 47.2 Å². The fourth-order valence-corrected chi connectivity index (χ4v) is 3.27. The summed E-state index contributed by atoms with van der Waals surface area (Å²) in [5.74, 6) is 0.701. The van der Waals surface area contributed by atoms with Gasteiger partial charge in [0.2, 0.25) is 4.77 Å². The van der Waals surface area contributed by atoms with E-state index in [1.54, 1.807) is 22.2 Å². The highest BCUT2D eigenvalue weighted by atomic mass is 79.9. The van der Waals surface area contributed by atoms with E-state index in [0.717, 1.165) is 14.2 Å². The second-order valence-electron chi connectivity index (χ2n) is 4.42. The molecule has 0 saturated carbocycles. The van der Waals surface area contributed by atoms with Gasteiger partial charge >= 0.3 is 0 Å². The average Bonchev–Trinajstić information content (AvgIpc) is 3.04. The molecule has 21 heavy (non-hydrogen) atoms. The van der Waals surface area contributed by atoms with Crippen molar-refractivity contribution in [3.8, 4) is 11.4 Å². The molecule has 3 aromatic rings. The van der Waals surface area contributed by atoms with Crippen molar-refractivity contribution in [2.45, 2.75) is 6.92 Å². The Labute approximate surface area is 139 Å². The maximum Gasteiger partial charge on any atom is 0.216 e. The van der Waals surface area contributed by atoms with Gasteiger partial charge in [0.25, 0.3) is 0 Å². The molecule has 0 aliphatic heterocycles. The number of rotatable bonds is 3. The van der Waals surface area contributed by atoms with E-state index in [0.29, 0.717) is 10.6 Å². The predicted molar refractivity (Wildman–Crippen MR) is 92.6 cm³/mol. The summed E-state index contributed by atoms with van der Waals surface area (Å²) in [5.41, 5.74) is 2.17. The first kappa shape index (κ1) is 14.4. The highest BCUT2D eigenvalue weighted by Gasteiger charge is 2.07. The number of benzene rings is 1. The lowest BCUT2D eigenvalue weighted by Gasteiger charge is -2.01. The molecule has 0 fully saturated rings. The fourth-order valence-electron chi connectivity index (χ4n) is 1.80. The average molecular weight is 379 g/mol. The number of aryl methyl sites for hydroxylation is 1. The Morgan fingerprint density at radius 2 is 2.05 bits per heavy atom. The largest absolute Gasteiger partial charge is 0.250 e. The number of aromatic nitrogens is 3. The quantitative estimate of drug-likeness (QED) is 0.533. The summed E-state index contributed by atoms with van der Waals surface area (Å²) in [4.78, 5) is 1.04. The Balaban J connectivity index is 1.99. The zero-order chi connectivity index (χ0) is 14.8. The summed E-state index contributed by atoms with van der Waals surface area (Å²) in [5, 5.41) is 11.5. The third-order valence-electron chi connectivity index (χ3n) is 2.85. The molecule has 2 aromatic heterocycles.